The molecule has 1 aliphatic rings. The van der Waals surface area contributed by atoms with Gasteiger partial charge in [-0.3, -0.25) is 10.1 Å². The van der Waals surface area contributed by atoms with Crippen LogP contribution in [0.1, 0.15) is 12.8 Å². The molecule has 7 nitrogen and oxygen atoms in total. The van der Waals surface area contributed by atoms with Crippen molar-refractivity contribution in [1.29, 1.82) is 0 Å². The first-order chi connectivity index (χ1) is 9.20. The van der Waals surface area contributed by atoms with Crippen LogP contribution in [0.15, 0.2) is 12.1 Å². The minimum absolute atomic E-state index is 0.0257. The Labute approximate surface area is 111 Å². The summed E-state index contributed by atoms with van der Waals surface area (Å²) < 4.78 is 4.99. The van der Waals surface area contributed by atoms with Gasteiger partial charge in [0.1, 0.15) is 0 Å². The van der Waals surface area contributed by atoms with Crippen molar-refractivity contribution >= 4 is 11.5 Å². The molecule has 1 N–H and O–H groups in total. The van der Waals surface area contributed by atoms with Gasteiger partial charge in [0.05, 0.1) is 12.0 Å². The quantitative estimate of drug-likeness (QED) is 0.621. The van der Waals surface area contributed by atoms with Crippen LogP contribution in [0.4, 0.5) is 11.5 Å². The zero-order valence-electron chi connectivity index (χ0n) is 11.0. The molecule has 1 fully saturated rings. The van der Waals surface area contributed by atoms with E-state index < -0.39 is 4.92 Å². The Balaban J connectivity index is 1.98. The third-order valence-corrected chi connectivity index (χ3v) is 3.17. The zero-order chi connectivity index (χ0) is 13.7. The van der Waals surface area contributed by atoms with E-state index in [0.29, 0.717) is 12.4 Å². The van der Waals surface area contributed by atoms with Gasteiger partial charge in [0.2, 0.25) is 11.7 Å². The summed E-state index contributed by atoms with van der Waals surface area (Å²) >= 11 is 0. The maximum atomic E-state index is 10.9. The fourth-order valence-electron chi connectivity index (χ4n) is 2.16. The highest BCUT2D eigenvalue weighted by Crippen LogP contribution is 2.24. The van der Waals surface area contributed by atoms with Gasteiger partial charge in [0.25, 0.3) is 0 Å². The molecule has 1 aromatic rings. The average molecular weight is 266 g/mol. The molecule has 0 aliphatic carbocycles. The summed E-state index contributed by atoms with van der Waals surface area (Å²) in [6.45, 7) is 3.72. The maximum absolute atomic E-state index is 10.9. The van der Waals surface area contributed by atoms with Crippen molar-refractivity contribution in [3.63, 3.8) is 0 Å². The lowest BCUT2D eigenvalue weighted by atomic mass is 10.3. The first-order valence-electron chi connectivity index (χ1n) is 6.36. The molecule has 0 unspecified atom stereocenters. The van der Waals surface area contributed by atoms with E-state index in [4.69, 9.17) is 4.74 Å². The molecule has 104 valence electrons. The smallest absolute Gasteiger partial charge is 0.311 e. The monoisotopic (exact) mass is 266 g/mol. The molecule has 0 spiro atoms. The lowest BCUT2D eigenvalue weighted by molar-refractivity contribution is -0.384. The van der Waals surface area contributed by atoms with Crippen molar-refractivity contribution in [3.05, 3.63) is 22.2 Å². The van der Waals surface area contributed by atoms with Gasteiger partial charge in [-0.05, 0) is 25.9 Å². The fraction of sp³-hybridized carbons (Fsp3) is 0.583. The molecule has 0 aromatic carbocycles. The van der Waals surface area contributed by atoms with E-state index in [1.807, 2.05) is 0 Å². The van der Waals surface area contributed by atoms with E-state index in [1.54, 1.807) is 0 Å². The Morgan fingerprint density at radius 1 is 1.47 bits per heavy atom. The Kier molecular flexibility index (Phi) is 4.51. The van der Waals surface area contributed by atoms with Crippen LogP contribution in [-0.4, -0.2) is 48.1 Å². The Hall–Kier alpha value is -1.89. The second-order valence-corrected chi connectivity index (χ2v) is 4.45. The Bertz CT molecular complexity index is 447. The van der Waals surface area contributed by atoms with Crippen molar-refractivity contribution in [2.75, 3.05) is 38.6 Å². The van der Waals surface area contributed by atoms with E-state index in [9.17, 15) is 10.1 Å². The minimum Gasteiger partial charge on any atom is -0.481 e. The third kappa shape index (κ3) is 3.54. The number of nitro groups is 1. The Morgan fingerprint density at radius 3 is 2.84 bits per heavy atom. The van der Waals surface area contributed by atoms with Crippen LogP contribution in [-0.2, 0) is 0 Å². The summed E-state index contributed by atoms with van der Waals surface area (Å²) in [4.78, 5) is 16.9. The fourth-order valence-corrected chi connectivity index (χ4v) is 2.16. The second kappa shape index (κ2) is 6.33. The summed E-state index contributed by atoms with van der Waals surface area (Å²) in [5.74, 6) is 0.637. The number of nitrogens with one attached hydrogen (secondary N) is 1. The van der Waals surface area contributed by atoms with Crippen LogP contribution >= 0.6 is 0 Å². The molecule has 0 saturated carbocycles. The number of aromatic nitrogens is 1. The lowest BCUT2D eigenvalue weighted by Crippen LogP contribution is -2.26. The second-order valence-electron chi connectivity index (χ2n) is 4.45. The number of ether oxygens (including phenoxy) is 1. The number of hydrogen-bond acceptors (Lipinski definition) is 6. The molecule has 0 radical (unpaired) electrons. The van der Waals surface area contributed by atoms with Gasteiger partial charge in [-0.1, -0.05) is 0 Å². The molecule has 0 bridgehead atoms. The molecule has 1 aliphatic heterocycles. The molecule has 7 heteroatoms. The predicted octanol–water partition coefficient (Wildman–Crippen LogP) is 1.51. The number of likely N-dealkylation sites (tertiary alicyclic amines) is 1. The number of pyridine rings is 1. The topological polar surface area (TPSA) is 80.5 Å². The van der Waals surface area contributed by atoms with Crippen LogP contribution < -0.4 is 10.1 Å². The van der Waals surface area contributed by atoms with Gasteiger partial charge in [-0.25, -0.2) is 0 Å². The average Bonchev–Trinajstić information content (AvgIpc) is 2.91. The van der Waals surface area contributed by atoms with Gasteiger partial charge < -0.3 is 15.0 Å². The SMILES string of the molecule is COc1ccc([N+](=O)[O-])c(NCCN2CCCC2)n1. The standard InChI is InChI=1S/C12H18N4O3/c1-19-11-5-4-10(16(17)18)12(14-11)13-6-9-15-7-2-3-8-15/h4-5H,2-3,6-9H2,1H3,(H,13,14). The highest BCUT2D eigenvalue weighted by Gasteiger charge is 2.17. The summed E-state index contributed by atoms with van der Waals surface area (Å²) in [5, 5.41) is 13.9. The van der Waals surface area contributed by atoms with Crippen molar-refractivity contribution in [2.45, 2.75) is 12.8 Å². The number of hydrogen-bond donors (Lipinski definition) is 1. The number of methoxy groups -OCH3 is 1. The molecule has 19 heavy (non-hydrogen) atoms. The highest BCUT2D eigenvalue weighted by molar-refractivity contribution is 5.57. The molecule has 1 aromatic heterocycles. The molecule has 2 heterocycles. The van der Waals surface area contributed by atoms with Gasteiger partial charge in [-0.2, -0.15) is 4.98 Å². The van der Waals surface area contributed by atoms with E-state index in [2.05, 4.69) is 15.2 Å². The van der Waals surface area contributed by atoms with Gasteiger partial charge in [0, 0.05) is 25.2 Å². The predicted molar refractivity (Wildman–Crippen MR) is 71.6 cm³/mol. The number of rotatable bonds is 6. The van der Waals surface area contributed by atoms with E-state index in [0.717, 1.165) is 19.6 Å². The van der Waals surface area contributed by atoms with Gasteiger partial charge in [0.15, 0.2) is 0 Å². The largest absolute Gasteiger partial charge is 0.481 e. The first-order valence-corrected chi connectivity index (χ1v) is 6.36. The molecule has 0 amide bonds. The molecular weight excluding hydrogens is 248 g/mol. The zero-order valence-corrected chi connectivity index (χ0v) is 11.0. The first kappa shape index (κ1) is 13.5. The van der Waals surface area contributed by atoms with Crippen molar-refractivity contribution < 1.29 is 9.66 Å². The van der Waals surface area contributed by atoms with Crippen molar-refractivity contribution in [1.82, 2.24) is 9.88 Å². The van der Waals surface area contributed by atoms with Gasteiger partial charge >= 0.3 is 5.69 Å². The van der Waals surface area contributed by atoms with Crippen LogP contribution in [0.5, 0.6) is 5.88 Å². The van der Waals surface area contributed by atoms with Crippen LogP contribution in [0.2, 0.25) is 0 Å². The molecular formula is C12H18N4O3. The van der Waals surface area contributed by atoms with E-state index >= 15 is 0 Å². The van der Waals surface area contributed by atoms with Crippen molar-refractivity contribution in [2.24, 2.45) is 0 Å². The van der Waals surface area contributed by atoms with Gasteiger partial charge in [-0.15, -0.1) is 0 Å². The normalized spacial score (nSPS) is 15.4. The lowest BCUT2D eigenvalue weighted by Gasteiger charge is -2.15. The number of anilines is 1. The highest BCUT2D eigenvalue weighted by atomic mass is 16.6. The van der Waals surface area contributed by atoms with E-state index in [1.165, 1.54) is 32.1 Å². The molecule has 0 atom stereocenters. The van der Waals surface area contributed by atoms with Crippen LogP contribution in [0.3, 0.4) is 0 Å². The minimum atomic E-state index is -0.440. The van der Waals surface area contributed by atoms with Crippen LogP contribution in [0.25, 0.3) is 0 Å². The van der Waals surface area contributed by atoms with E-state index in [-0.39, 0.29) is 11.5 Å². The summed E-state index contributed by atoms with van der Waals surface area (Å²) in [6, 6.07) is 2.90. The third-order valence-electron chi connectivity index (χ3n) is 3.17. The maximum Gasteiger partial charge on any atom is 0.311 e. The Morgan fingerprint density at radius 2 is 2.21 bits per heavy atom. The number of nitrogens with zero attached hydrogens (tertiary/aromatic N) is 3. The molecule has 2 rings (SSSR count). The summed E-state index contributed by atoms with van der Waals surface area (Å²) in [6.07, 6.45) is 2.47. The molecule has 1 saturated heterocycles. The van der Waals surface area contributed by atoms with Crippen molar-refractivity contribution in [3.8, 4) is 5.88 Å². The summed E-state index contributed by atoms with van der Waals surface area (Å²) in [7, 11) is 1.49. The summed E-state index contributed by atoms with van der Waals surface area (Å²) in [5.41, 5.74) is -0.0257. The van der Waals surface area contributed by atoms with Crippen LogP contribution in [0, 0.1) is 10.1 Å².